The van der Waals surface area contributed by atoms with Crippen molar-refractivity contribution in [2.24, 2.45) is 0 Å². The second kappa shape index (κ2) is 22.3. The predicted octanol–water partition coefficient (Wildman–Crippen LogP) is 8.23. The van der Waals surface area contributed by atoms with E-state index in [9.17, 15) is 14.1 Å². The molecule has 0 spiro atoms. The third kappa shape index (κ3) is 14.2. The van der Waals surface area contributed by atoms with E-state index in [4.69, 9.17) is 9.84 Å². The van der Waals surface area contributed by atoms with Gasteiger partial charge in [-0.25, -0.2) is 4.21 Å². The lowest BCUT2D eigenvalue weighted by Gasteiger charge is -2.17. The van der Waals surface area contributed by atoms with Crippen molar-refractivity contribution in [1.82, 2.24) is 5.32 Å². The van der Waals surface area contributed by atoms with Crippen molar-refractivity contribution in [3.05, 3.63) is 82.4 Å². The zero-order valence-electron chi connectivity index (χ0n) is 28.7. The highest BCUT2D eigenvalue weighted by molar-refractivity contribution is 7.86. The lowest BCUT2D eigenvalue weighted by atomic mass is 10.0. The fraction of sp³-hybridized carbons (Fsp3) is 0.486. The van der Waals surface area contributed by atoms with Crippen LogP contribution in [0.3, 0.4) is 0 Å². The number of methoxy groups -OCH3 is 1. The van der Waals surface area contributed by atoms with Gasteiger partial charge >= 0.3 is 0 Å². The molecule has 3 aromatic carbocycles. The number of Topliss-reactive ketones (excluding diaryl/α,β-unsaturated/α-hetero) is 1. The summed E-state index contributed by atoms with van der Waals surface area (Å²) >= 11 is 0. The fourth-order valence-electron chi connectivity index (χ4n) is 4.67. The van der Waals surface area contributed by atoms with Gasteiger partial charge in [0.1, 0.15) is 11.5 Å². The van der Waals surface area contributed by atoms with Crippen LogP contribution in [0.1, 0.15) is 98.8 Å². The second-order valence-electron chi connectivity index (χ2n) is 11.2. The minimum absolute atomic E-state index is 0.0463. The lowest BCUT2D eigenvalue weighted by Crippen LogP contribution is -2.12. The Morgan fingerprint density at radius 3 is 2.07 bits per heavy atom. The van der Waals surface area contributed by atoms with Crippen molar-refractivity contribution in [2.45, 2.75) is 104 Å². The Labute approximate surface area is 274 Å². The van der Waals surface area contributed by atoms with Gasteiger partial charge in [-0.2, -0.15) is 0 Å². The van der Waals surface area contributed by atoms with Gasteiger partial charge in [0.15, 0.2) is 16.8 Å². The van der Waals surface area contributed by atoms with Crippen LogP contribution in [0.15, 0.2) is 59.5 Å². The number of benzene rings is 3. The maximum atomic E-state index is 13.1. The number of anilines is 1. The number of hydrogen-bond acceptors (Lipinski definition) is 6. The molecule has 1 aliphatic carbocycles. The number of carbonyl (C=O) groups is 1. The summed E-state index contributed by atoms with van der Waals surface area (Å²) in [4.78, 5) is 13.3. The predicted molar refractivity (Wildman–Crippen MR) is 189 cm³/mol. The zero-order valence-corrected chi connectivity index (χ0v) is 29.5. The monoisotopic (exact) mass is 640 g/mol. The number of aliphatic hydroxyl groups is 1. The van der Waals surface area contributed by atoms with Crippen LogP contribution in [0, 0.1) is 20.8 Å². The molecule has 4 N–H and O–H groups in total. The fourth-order valence-corrected chi connectivity index (χ4v) is 5.89. The molecule has 0 aliphatic heterocycles. The minimum atomic E-state index is -1.55. The average molecular weight is 641 g/mol. The van der Waals surface area contributed by atoms with E-state index in [0.29, 0.717) is 21.7 Å². The highest BCUT2D eigenvalue weighted by atomic mass is 32.2. The van der Waals surface area contributed by atoms with Crippen molar-refractivity contribution in [1.29, 1.82) is 0 Å². The summed E-state index contributed by atoms with van der Waals surface area (Å²) in [6.45, 7) is 16.6. The summed E-state index contributed by atoms with van der Waals surface area (Å²) in [6, 6.07) is 15.5. The molecule has 1 unspecified atom stereocenters. The van der Waals surface area contributed by atoms with Crippen molar-refractivity contribution in [3.8, 4) is 11.5 Å². The van der Waals surface area contributed by atoms with Crippen molar-refractivity contribution in [3.63, 3.8) is 0 Å². The number of ether oxygens (including phenoxy) is 1. The molecule has 3 aromatic rings. The Bertz CT molecular complexity index is 1300. The molecule has 1 aliphatic rings. The molecule has 0 bridgehead atoms. The molecule has 1 atom stereocenters. The number of ketones is 1. The molecule has 250 valence electrons. The molecule has 45 heavy (non-hydrogen) atoms. The number of aryl methyl sites for hydroxylation is 1. The molecule has 0 radical (unpaired) electrons. The maximum absolute atomic E-state index is 13.1. The summed E-state index contributed by atoms with van der Waals surface area (Å²) in [5.41, 5.74) is 4.43. The van der Waals surface area contributed by atoms with Crippen LogP contribution in [0.2, 0.25) is 0 Å². The maximum Gasteiger partial charge on any atom is 0.167 e. The number of aromatic hydroxyl groups is 1. The zero-order chi connectivity index (χ0) is 33.8. The van der Waals surface area contributed by atoms with Gasteiger partial charge in [0.05, 0.1) is 23.8 Å². The summed E-state index contributed by atoms with van der Waals surface area (Å²) in [7, 11) is 0.0697. The van der Waals surface area contributed by atoms with Gasteiger partial charge in [-0.1, -0.05) is 77.3 Å². The van der Waals surface area contributed by atoms with Crippen LogP contribution in [-0.2, 0) is 17.4 Å². The smallest absolute Gasteiger partial charge is 0.167 e. The highest BCUT2D eigenvalue weighted by Gasteiger charge is 2.18. The highest BCUT2D eigenvalue weighted by Crippen LogP contribution is 2.31. The Morgan fingerprint density at radius 2 is 1.58 bits per heavy atom. The van der Waals surface area contributed by atoms with Crippen LogP contribution in [0.25, 0.3) is 0 Å². The normalized spacial score (nSPS) is 12.8. The number of rotatable bonds is 10. The molecule has 0 amide bonds. The number of nitrogens with one attached hydrogen (secondary N) is 2. The molecule has 4 rings (SSSR count). The quantitative estimate of drug-likeness (QED) is 0.101. The summed E-state index contributed by atoms with van der Waals surface area (Å²) in [5.74, 6) is 0.754. The number of aliphatic hydroxyl groups excluding tert-OH is 1. The van der Waals surface area contributed by atoms with Crippen LogP contribution in [0.4, 0.5) is 5.69 Å². The van der Waals surface area contributed by atoms with E-state index in [0.717, 1.165) is 48.4 Å². The summed E-state index contributed by atoms with van der Waals surface area (Å²) < 4.78 is 21.6. The minimum Gasteiger partial charge on any atom is -0.508 e. The summed E-state index contributed by atoms with van der Waals surface area (Å²) in [5, 5.41) is 21.8. The molecule has 1 fully saturated rings. The Hall–Kier alpha value is -3.20. The van der Waals surface area contributed by atoms with Crippen molar-refractivity contribution in [2.75, 3.05) is 24.9 Å². The molecule has 0 saturated heterocycles. The Morgan fingerprint density at radius 1 is 0.956 bits per heavy atom. The topological polar surface area (TPSA) is 108 Å². The lowest BCUT2D eigenvalue weighted by molar-refractivity contribution is 0.0993. The van der Waals surface area contributed by atoms with Gasteiger partial charge in [-0.05, 0) is 99.6 Å². The van der Waals surface area contributed by atoms with Gasteiger partial charge in [0.25, 0.3) is 0 Å². The average Bonchev–Trinajstić information content (AvgIpc) is 3.51. The number of phenolic OH excluding ortho intramolecular Hbond substituents is 1. The number of hydrogen-bond donors (Lipinski definition) is 4. The first-order valence-corrected chi connectivity index (χ1v) is 17.3. The largest absolute Gasteiger partial charge is 0.508 e. The van der Waals surface area contributed by atoms with Crippen LogP contribution in [0.5, 0.6) is 11.5 Å². The Balaban J connectivity index is 0.000000554. The second-order valence-corrected chi connectivity index (χ2v) is 12.3. The standard InChI is InChI=1S/C24H25NO4S.C5H13N.C5H10O.C3H8/c1-15-12-23(16(2)17(3)24(15)29-4)30(28)25-21-11-10-20(26)13-19(21)14-22(27)18-8-6-5-7-9-18;1-3-5-6-4-2;6-5-3-1-2-4-5;1-3-2/h5-13,25-26H,14H2,1-4H3;6H,3-5H2,1-2H3;5-6H,1-4H2;3H2,1-2H3. The van der Waals surface area contributed by atoms with Crippen molar-refractivity contribution < 1.29 is 24.0 Å². The first kappa shape index (κ1) is 39.8. The number of phenols is 1. The van der Waals surface area contributed by atoms with E-state index in [2.05, 4.69) is 37.7 Å². The number of carbonyl (C=O) groups excluding carboxylic acids is 1. The first-order chi connectivity index (χ1) is 21.5. The van der Waals surface area contributed by atoms with E-state index >= 15 is 0 Å². The third-order valence-corrected chi connectivity index (χ3v) is 8.35. The molecule has 7 nitrogen and oxygen atoms in total. The molecule has 0 aromatic heterocycles. The Kier molecular flexibility index (Phi) is 19.8. The molecule has 0 heterocycles. The van der Waals surface area contributed by atoms with E-state index in [1.807, 2.05) is 32.9 Å². The van der Waals surface area contributed by atoms with Crippen LogP contribution >= 0.6 is 0 Å². The van der Waals surface area contributed by atoms with Gasteiger partial charge in [0, 0.05) is 12.0 Å². The summed E-state index contributed by atoms with van der Waals surface area (Å²) in [6.07, 6.45) is 7.18. The van der Waals surface area contributed by atoms with Gasteiger partial charge in [-0.3, -0.25) is 4.79 Å². The van der Waals surface area contributed by atoms with Gasteiger partial charge < -0.3 is 25.0 Å². The van der Waals surface area contributed by atoms with E-state index < -0.39 is 11.0 Å². The van der Waals surface area contributed by atoms with Crippen molar-refractivity contribution >= 4 is 22.5 Å². The molecule has 1 saturated carbocycles. The first-order valence-electron chi connectivity index (χ1n) is 16.2. The van der Waals surface area contributed by atoms with E-state index in [1.54, 1.807) is 37.4 Å². The van der Waals surface area contributed by atoms with E-state index in [1.165, 1.54) is 37.8 Å². The van der Waals surface area contributed by atoms with Crippen LogP contribution < -0.4 is 14.8 Å². The molecular weight excluding hydrogens is 584 g/mol. The van der Waals surface area contributed by atoms with Crippen LogP contribution in [-0.4, -0.2) is 46.5 Å². The SMILES string of the molecule is CCC.CCCNCC.COc1c(C)cc(S(=O)Nc2ccc(O)cc2CC(=O)c2ccccc2)c(C)c1C.OC1CCCC1. The molecular formula is C37H56N2O5S. The van der Waals surface area contributed by atoms with E-state index in [-0.39, 0.29) is 24.1 Å². The third-order valence-electron chi connectivity index (χ3n) is 7.12. The molecule has 8 heteroatoms. The van der Waals surface area contributed by atoms with Gasteiger partial charge in [-0.15, -0.1) is 0 Å². The van der Waals surface area contributed by atoms with Gasteiger partial charge in [0.2, 0.25) is 0 Å².